The molecule has 1 aliphatic heterocycles. The first kappa shape index (κ1) is 10.2. The average Bonchev–Trinajstić information content (AvgIpc) is 2.68. The van der Waals surface area contributed by atoms with Crippen LogP contribution in [-0.4, -0.2) is 34.0 Å². The Bertz CT molecular complexity index is 340. The molecule has 0 amide bonds. The minimum atomic E-state index is -0.889. The van der Waals surface area contributed by atoms with Crippen molar-refractivity contribution in [2.45, 2.75) is 25.8 Å². The number of aromatic carboxylic acids is 1. The highest BCUT2D eigenvalue weighted by Crippen LogP contribution is 2.12. The lowest BCUT2D eigenvalue weighted by Gasteiger charge is -2.25. The molecule has 1 fully saturated rings. The lowest BCUT2D eigenvalue weighted by Crippen LogP contribution is -2.29. The lowest BCUT2D eigenvalue weighted by molar-refractivity contribution is 0.0691. The predicted octanol–water partition coefficient (Wildman–Crippen LogP) is 1.70. The number of carboxylic acids is 1. The maximum atomic E-state index is 10.7. The number of carbonyl (C=O) groups is 1. The number of carboxylic acid groups (broad SMARTS) is 1. The summed E-state index contributed by atoms with van der Waals surface area (Å²) in [4.78, 5) is 15.9. The molecular weight excluding hydrogens is 192 g/mol. The highest BCUT2D eigenvalue weighted by molar-refractivity contribution is 5.85. The Morgan fingerprint density at radius 2 is 2.07 bits per heavy atom. The zero-order valence-corrected chi connectivity index (χ0v) is 8.70. The summed E-state index contributed by atoms with van der Waals surface area (Å²) in [5, 5.41) is 8.76. The monoisotopic (exact) mass is 208 g/mol. The van der Waals surface area contributed by atoms with Gasteiger partial charge in [-0.15, -0.1) is 0 Å². The van der Waals surface area contributed by atoms with E-state index in [2.05, 4.69) is 9.88 Å². The van der Waals surface area contributed by atoms with Gasteiger partial charge in [-0.1, -0.05) is 6.42 Å². The Morgan fingerprint density at radius 3 is 2.67 bits per heavy atom. The Morgan fingerprint density at radius 1 is 1.33 bits per heavy atom. The van der Waals surface area contributed by atoms with Crippen molar-refractivity contribution in [3.63, 3.8) is 0 Å². The molecule has 1 saturated heterocycles. The Labute approximate surface area is 88.9 Å². The van der Waals surface area contributed by atoms with Crippen molar-refractivity contribution in [2.75, 3.05) is 13.1 Å². The fourth-order valence-corrected chi connectivity index (χ4v) is 2.02. The third-order valence-corrected chi connectivity index (χ3v) is 2.82. The number of likely N-dealkylation sites (tertiary alicyclic amines) is 1. The molecule has 82 valence electrons. The fraction of sp³-hybridized carbons (Fsp3) is 0.545. The minimum Gasteiger partial charge on any atom is -0.477 e. The van der Waals surface area contributed by atoms with Crippen LogP contribution in [0.1, 0.15) is 35.4 Å². The van der Waals surface area contributed by atoms with Gasteiger partial charge in [0.25, 0.3) is 0 Å². The van der Waals surface area contributed by atoms with E-state index in [4.69, 9.17) is 5.11 Å². The number of hydrogen-bond donors (Lipinski definition) is 2. The molecule has 1 aromatic rings. The van der Waals surface area contributed by atoms with E-state index in [0.29, 0.717) is 0 Å². The van der Waals surface area contributed by atoms with E-state index in [0.717, 1.165) is 25.3 Å². The molecule has 1 aromatic heterocycles. The van der Waals surface area contributed by atoms with Gasteiger partial charge in [-0.3, -0.25) is 4.90 Å². The summed E-state index contributed by atoms with van der Waals surface area (Å²) >= 11 is 0. The predicted molar refractivity (Wildman–Crippen MR) is 56.9 cm³/mol. The highest BCUT2D eigenvalue weighted by atomic mass is 16.4. The third kappa shape index (κ3) is 2.59. The van der Waals surface area contributed by atoms with E-state index in [9.17, 15) is 4.79 Å². The SMILES string of the molecule is O=C(O)c1ccc(CN2CCCCC2)[nH]1. The van der Waals surface area contributed by atoms with Crippen molar-refractivity contribution in [3.8, 4) is 0 Å². The zero-order valence-electron chi connectivity index (χ0n) is 8.70. The average molecular weight is 208 g/mol. The van der Waals surface area contributed by atoms with Crippen molar-refractivity contribution in [2.24, 2.45) is 0 Å². The van der Waals surface area contributed by atoms with Crippen molar-refractivity contribution < 1.29 is 9.90 Å². The van der Waals surface area contributed by atoms with Crippen molar-refractivity contribution in [1.82, 2.24) is 9.88 Å². The topological polar surface area (TPSA) is 56.3 Å². The van der Waals surface area contributed by atoms with E-state index < -0.39 is 5.97 Å². The number of rotatable bonds is 3. The summed E-state index contributed by atoms with van der Waals surface area (Å²) in [6.45, 7) is 3.09. The van der Waals surface area contributed by atoms with E-state index in [1.165, 1.54) is 19.3 Å². The van der Waals surface area contributed by atoms with Crippen LogP contribution in [0.15, 0.2) is 12.1 Å². The molecule has 0 saturated carbocycles. The van der Waals surface area contributed by atoms with Crippen molar-refractivity contribution >= 4 is 5.97 Å². The summed E-state index contributed by atoms with van der Waals surface area (Å²) in [5.74, 6) is -0.889. The molecule has 1 aliphatic rings. The first-order chi connectivity index (χ1) is 7.25. The molecule has 4 heteroatoms. The van der Waals surface area contributed by atoms with Crippen LogP contribution in [0.25, 0.3) is 0 Å². The van der Waals surface area contributed by atoms with Gasteiger partial charge in [-0.05, 0) is 38.1 Å². The first-order valence-corrected chi connectivity index (χ1v) is 5.39. The van der Waals surface area contributed by atoms with Gasteiger partial charge in [0.1, 0.15) is 5.69 Å². The number of aromatic nitrogens is 1. The van der Waals surface area contributed by atoms with Gasteiger partial charge in [-0.25, -0.2) is 4.79 Å². The first-order valence-electron chi connectivity index (χ1n) is 5.39. The number of nitrogens with one attached hydrogen (secondary N) is 1. The molecular formula is C11H16N2O2. The maximum Gasteiger partial charge on any atom is 0.352 e. The van der Waals surface area contributed by atoms with Crippen LogP contribution in [0.3, 0.4) is 0 Å². The van der Waals surface area contributed by atoms with Crippen LogP contribution in [0.4, 0.5) is 0 Å². The van der Waals surface area contributed by atoms with E-state index in [-0.39, 0.29) is 5.69 Å². The van der Waals surface area contributed by atoms with Gasteiger partial charge < -0.3 is 10.1 Å². The van der Waals surface area contributed by atoms with Gasteiger partial charge in [0.15, 0.2) is 0 Å². The smallest absolute Gasteiger partial charge is 0.352 e. The molecule has 0 radical (unpaired) electrons. The minimum absolute atomic E-state index is 0.280. The molecule has 2 rings (SSSR count). The van der Waals surface area contributed by atoms with Gasteiger partial charge in [0.05, 0.1) is 0 Å². The van der Waals surface area contributed by atoms with Crippen LogP contribution in [0.2, 0.25) is 0 Å². The van der Waals surface area contributed by atoms with Crippen LogP contribution < -0.4 is 0 Å². The third-order valence-electron chi connectivity index (χ3n) is 2.82. The summed E-state index contributed by atoms with van der Waals surface area (Å²) in [6.07, 6.45) is 3.83. The number of hydrogen-bond acceptors (Lipinski definition) is 2. The Hall–Kier alpha value is -1.29. The molecule has 15 heavy (non-hydrogen) atoms. The van der Waals surface area contributed by atoms with Crippen LogP contribution >= 0.6 is 0 Å². The van der Waals surface area contributed by atoms with Crippen LogP contribution in [-0.2, 0) is 6.54 Å². The fourth-order valence-electron chi connectivity index (χ4n) is 2.02. The van der Waals surface area contributed by atoms with E-state index in [1.54, 1.807) is 6.07 Å². The lowest BCUT2D eigenvalue weighted by atomic mass is 10.1. The molecule has 2 N–H and O–H groups in total. The van der Waals surface area contributed by atoms with Crippen LogP contribution in [0, 0.1) is 0 Å². The normalized spacial score (nSPS) is 17.9. The molecule has 0 unspecified atom stereocenters. The number of H-pyrrole nitrogens is 1. The van der Waals surface area contributed by atoms with Gasteiger partial charge in [0.2, 0.25) is 0 Å². The standard InChI is InChI=1S/C11H16N2O2/c14-11(15)10-5-4-9(12-10)8-13-6-2-1-3-7-13/h4-5,12H,1-3,6-8H2,(H,14,15). The number of nitrogens with zero attached hydrogens (tertiary/aromatic N) is 1. The second kappa shape index (κ2) is 4.49. The maximum absolute atomic E-state index is 10.7. The van der Waals surface area contributed by atoms with Crippen molar-refractivity contribution in [3.05, 3.63) is 23.5 Å². The summed E-state index contributed by atoms with van der Waals surface area (Å²) < 4.78 is 0. The summed E-state index contributed by atoms with van der Waals surface area (Å²) in [5.41, 5.74) is 1.27. The summed E-state index contributed by atoms with van der Waals surface area (Å²) in [7, 11) is 0. The van der Waals surface area contributed by atoms with Gasteiger partial charge in [0, 0.05) is 12.2 Å². The Kier molecular flexibility index (Phi) is 3.06. The van der Waals surface area contributed by atoms with Gasteiger partial charge in [-0.2, -0.15) is 0 Å². The van der Waals surface area contributed by atoms with Gasteiger partial charge >= 0.3 is 5.97 Å². The second-order valence-corrected chi connectivity index (χ2v) is 4.04. The second-order valence-electron chi connectivity index (χ2n) is 4.04. The number of piperidine rings is 1. The summed E-state index contributed by atoms with van der Waals surface area (Å²) in [6, 6.07) is 3.49. The molecule has 0 aromatic carbocycles. The molecule has 2 heterocycles. The quantitative estimate of drug-likeness (QED) is 0.794. The van der Waals surface area contributed by atoms with E-state index >= 15 is 0 Å². The Balaban J connectivity index is 1.94. The molecule has 0 spiro atoms. The van der Waals surface area contributed by atoms with Crippen LogP contribution in [0.5, 0.6) is 0 Å². The highest BCUT2D eigenvalue weighted by Gasteiger charge is 2.12. The zero-order chi connectivity index (χ0) is 10.7. The molecule has 0 bridgehead atoms. The molecule has 0 aliphatic carbocycles. The number of aromatic amines is 1. The molecule has 4 nitrogen and oxygen atoms in total. The molecule has 0 atom stereocenters. The van der Waals surface area contributed by atoms with Crippen molar-refractivity contribution in [1.29, 1.82) is 0 Å². The largest absolute Gasteiger partial charge is 0.477 e. The van der Waals surface area contributed by atoms with E-state index in [1.807, 2.05) is 6.07 Å².